The SMILES string of the molecule is C#CCCNCc1cc(F)cc(C(F)(F)F)c1. The van der Waals surface area contributed by atoms with Crippen molar-refractivity contribution in [3.05, 3.63) is 35.1 Å². The van der Waals surface area contributed by atoms with E-state index in [1.165, 1.54) is 0 Å². The van der Waals surface area contributed by atoms with E-state index >= 15 is 0 Å². The minimum absolute atomic E-state index is 0.155. The topological polar surface area (TPSA) is 12.0 Å². The molecule has 1 N–H and O–H groups in total. The van der Waals surface area contributed by atoms with Crippen LogP contribution in [0, 0.1) is 18.2 Å². The first-order valence-electron chi connectivity index (χ1n) is 4.94. The molecule has 0 unspecified atom stereocenters. The summed E-state index contributed by atoms with van der Waals surface area (Å²) in [6, 6.07) is 2.47. The Kier molecular flexibility index (Phi) is 4.53. The quantitative estimate of drug-likeness (QED) is 0.488. The maximum atomic E-state index is 13.0. The first-order chi connectivity index (χ1) is 7.93. The van der Waals surface area contributed by atoms with Crippen LogP contribution >= 0.6 is 0 Å². The third-order valence-electron chi connectivity index (χ3n) is 2.06. The highest BCUT2D eigenvalue weighted by molar-refractivity contribution is 5.26. The number of terminal acetylenes is 1. The molecule has 0 heterocycles. The fourth-order valence-electron chi connectivity index (χ4n) is 1.31. The molecule has 1 aromatic carbocycles. The zero-order valence-electron chi connectivity index (χ0n) is 8.94. The molecule has 92 valence electrons. The van der Waals surface area contributed by atoms with Gasteiger partial charge in [0, 0.05) is 19.5 Å². The van der Waals surface area contributed by atoms with Crippen LogP contribution in [0.15, 0.2) is 18.2 Å². The highest BCUT2D eigenvalue weighted by Crippen LogP contribution is 2.30. The summed E-state index contributed by atoms with van der Waals surface area (Å²) >= 11 is 0. The van der Waals surface area contributed by atoms with Crippen molar-refractivity contribution in [3.8, 4) is 12.3 Å². The Morgan fingerprint density at radius 3 is 2.53 bits per heavy atom. The molecule has 5 heteroatoms. The van der Waals surface area contributed by atoms with Gasteiger partial charge >= 0.3 is 6.18 Å². The minimum atomic E-state index is -4.53. The summed E-state index contributed by atoms with van der Waals surface area (Å²) < 4.78 is 50.1. The molecule has 0 bridgehead atoms. The first kappa shape index (κ1) is 13.5. The Bertz CT molecular complexity index is 417. The maximum Gasteiger partial charge on any atom is 0.416 e. The molecule has 1 rings (SSSR count). The molecular weight excluding hydrogens is 234 g/mol. The fraction of sp³-hybridized carbons (Fsp3) is 0.333. The predicted octanol–water partition coefficient (Wildman–Crippen LogP) is 2.96. The van der Waals surface area contributed by atoms with Crippen molar-refractivity contribution < 1.29 is 17.6 Å². The van der Waals surface area contributed by atoms with Crippen LogP contribution in [0.25, 0.3) is 0 Å². The summed E-state index contributed by atoms with van der Waals surface area (Å²) in [7, 11) is 0. The van der Waals surface area contributed by atoms with E-state index in [9.17, 15) is 17.6 Å². The van der Waals surface area contributed by atoms with E-state index < -0.39 is 17.6 Å². The average Bonchev–Trinajstić information content (AvgIpc) is 2.22. The number of hydrogen-bond acceptors (Lipinski definition) is 1. The van der Waals surface area contributed by atoms with E-state index in [0.29, 0.717) is 19.0 Å². The molecule has 0 fully saturated rings. The van der Waals surface area contributed by atoms with E-state index in [1.54, 1.807) is 0 Å². The van der Waals surface area contributed by atoms with Gasteiger partial charge in [0.1, 0.15) is 5.82 Å². The molecule has 17 heavy (non-hydrogen) atoms. The number of alkyl halides is 3. The van der Waals surface area contributed by atoms with E-state index in [2.05, 4.69) is 11.2 Å². The van der Waals surface area contributed by atoms with Gasteiger partial charge in [0.05, 0.1) is 5.56 Å². The maximum absolute atomic E-state index is 13.0. The third-order valence-corrected chi connectivity index (χ3v) is 2.06. The van der Waals surface area contributed by atoms with Crippen molar-refractivity contribution in [2.24, 2.45) is 0 Å². The molecule has 0 radical (unpaired) electrons. The highest BCUT2D eigenvalue weighted by atomic mass is 19.4. The molecule has 0 aliphatic carbocycles. The van der Waals surface area contributed by atoms with Crippen molar-refractivity contribution in [3.63, 3.8) is 0 Å². The Balaban J connectivity index is 2.73. The Labute approximate surface area is 96.8 Å². The summed E-state index contributed by atoms with van der Waals surface area (Å²) in [6.07, 6.45) is 0.956. The summed E-state index contributed by atoms with van der Waals surface area (Å²) in [6.45, 7) is 0.636. The summed E-state index contributed by atoms with van der Waals surface area (Å²) in [5.41, 5.74) is -0.736. The molecular formula is C12H11F4N. The van der Waals surface area contributed by atoms with E-state index in [4.69, 9.17) is 6.42 Å². The van der Waals surface area contributed by atoms with Gasteiger partial charge in [0.15, 0.2) is 0 Å². The van der Waals surface area contributed by atoms with Crippen LogP contribution in [-0.4, -0.2) is 6.54 Å². The number of benzene rings is 1. The van der Waals surface area contributed by atoms with Crippen LogP contribution in [0.2, 0.25) is 0 Å². The smallest absolute Gasteiger partial charge is 0.312 e. The summed E-state index contributed by atoms with van der Waals surface area (Å²) in [5.74, 6) is 1.49. The van der Waals surface area contributed by atoms with Gasteiger partial charge in [0.2, 0.25) is 0 Å². The second kappa shape index (κ2) is 5.69. The second-order valence-corrected chi connectivity index (χ2v) is 3.48. The van der Waals surface area contributed by atoms with Gasteiger partial charge in [-0.1, -0.05) is 0 Å². The number of rotatable bonds is 4. The van der Waals surface area contributed by atoms with E-state index in [1.807, 2.05) is 0 Å². The molecule has 0 saturated heterocycles. The average molecular weight is 245 g/mol. The molecule has 0 saturated carbocycles. The predicted molar refractivity (Wildman–Crippen MR) is 56.6 cm³/mol. The second-order valence-electron chi connectivity index (χ2n) is 3.48. The van der Waals surface area contributed by atoms with Crippen molar-refractivity contribution in [1.82, 2.24) is 5.32 Å². The highest BCUT2D eigenvalue weighted by Gasteiger charge is 2.31. The van der Waals surface area contributed by atoms with Gasteiger partial charge in [-0.15, -0.1) is 12.3 Å². The molecule has 0 aliphatic heterocycles. The molecule has 1 aromatic rings. The lowest BCUT2D eigenvalue weighted by Crippen LogP contribution is -2.15. The van der Waals surface area contributed by atoms with Crippen LogP contribution < -0.4 is 5.32 Å². The van der Waals surface area contributed by atoms with Gasteiger partial charge < -0.3 is 5.32 Å². The van der Waals surface area contributed by atoms with Crippen LogP contribution in [0.1, 0.15) is 17.5 Å². The molecule has 0 atom stereocenters. The van der Waals surface area contributed by atoms with Crippen LogP contribution in [0.5, 0.6) is 0 Å². The third kappa shape index (κ3) is 4.45. The number of nitrogens with one attached hydrogen (secondary N) is 1. The lowest BCUT2D eigenvalue weighted by molar-refractivity contribution is -0.137. The zero-order valence-corrected chi connectivity index (χ0v) is 8.94. The largest absolute Gasteiger partial charge is 0.416 e. The number of halogens is 4. The van der Waals surface area contributed by atoms with E-state index in [0.717, 1.165) is 12.1 Å². The molecule has 0 aliphatic rings. The lowest BCUT2D eigenvalue weighted by Gasteiger charge is -2.09. The first-order valence-corrected chi connectivity index (χ1v) is 4.94. The number of hydrogen-bond donors (Lipinski definition) is 1. The zero-order chi connectivity index (χ0) is 12.9. The van der Waals surface area contributed by atoms with Crippen molar-refractivity contribution in [2.75, 3.05) is 6.54 Å². The van der Waals surface area contributed by atoms with Gasteiger partial charge in [-0.2, -0.15) is 13.2 Å². The Morgan fingerprint density at radius 1 is 1.24 bits per heavy atom. The normalized spacial score (nSPS) is 11.2. The van der Waals surface area contributed by atoms with Crippen LogP contribution in [0.4, 0.5) is 17.6 Å². The van der Waals surface area contributed by atoms with Crippen molar-refractivity contribution >= 4 is 0 Å². The Hall–Kier alpha value is -1.54. The monoisotopic (exact) mass is 245 g/mol. The molecule has 0 aromatic heterocycles. The van der Waals surface area contributed by atoms with Gasteiger partial charge in [-0.25, -0.2) is 4.39 Å². The molecule has 0 spiro atoms. The Morgan fingerprint density at radius 2 is 1.94 bits per heavy atom. The van der Waals surface area contributed by atoms with Crippen LogP contribution in [0.3, 0.4) is 0 Å². The summed E-state index contributed by atoms with van der Waals surface area (Å²) in [5, 5.41) is 2.83. The van der Waals surface area contributed by atoms with Gasteiger partial charge in [0.25, 0.3) is 0 Å². The fourth-order valence-corrected chi connectivity index (χ4v) is 1.31. The molecule has 0 amide bonds. The van der Waals surface area contributed by atoms with Crippen molar-refractivity contribution in [1.29, 1.82) is 0 Å². The van der Waals surface area contributed by atoms with Gasteiger partial charge in [-0.3, -0.25) is 0 Å². The van der Waals surface area contributed by atoms with E-state index in [-0.39, 0.29) is 12.1 Å². The standard InChI is InChI=1S/C12H11F4N/c1-2-3-4-17-8-9-5-10(12(14,15)16)7-11(13)6-9/h1,5-7,17H,3-4,8H2. The summed E-state index contributed by atoms with van der Waals surface area (Å²) in [4.78, 5) is 0. The lowest BCUT2D eigenvalue weighted by atomic mass is 10.1. The van der Waals surface area contributed by atoms with Crippen molar-refractivity contribution in [2.45, 2.75) is 19.1 Å². The minimum Gasteiger partial charge on any atom is -0.312 e. The van der Waals surface area contributed by atoms with Crippen LogP contribution in [-0.2, 0) is 12.7 Å². The molecule has 1 nitrogen and oxygen atoms in total. The van der Waals surface area contributed by atoms with Gasteiger partial charge in [-0.05, 0) is 23.8 Å².